The van der Waals surface area contributed by atoms with Crippen LogP contribution < -0.4 is 5.32 Å². The highest BCUT2D eigenvalue weighted by molar-refractivity contribution is 6.31. The Balaban J connectivity index is 1.97. The molecular weight excluding hydrogens is 258 g/mol. The lowest BCUT2D eigenvalue weighted by molar-refractivity contribution is 0.630. The Bertz CT molecular complexity index is 589. The van der Waals surface area contributed by atoms with Gasteiger partial charge in [-0.3, -0.25) is 4.68 Å². The highest BCUT2D eigenvalue weighted by atomic mass is 35.5. The molecule has 1 aromatic carbocycles. The minimum Gasteiger partial charge on any atom is -0.385 e. The first-order valence-corrected chi connectivity index (χ1v) is 7.22. The lowest BCUT2D eigenvalue weighted by Crippen LogP contribution is -2.14. The molecule has 3 rings (SSSR count). The van der Waals surface area contributed by atoms with Crippen molar-refractivity contribution in [2.45, 2.75) is 32.7 Å². The van der Waals surface area contributed by atoms with Gasteiger partial charge in [0.2, 0.25) is 0 Å². The van der Waals surface area contributed by atoms with Crippen molar-refractivity contribution < 1.29 is 0 Å². The zero-order valence-electron chi connectivity index (χ0n) is 11.1. The van der Waals surface area contributed by atoms with Crippen molar-refractivity contribution in [3.05, 3.63) is 46.2 Å². The van der Waals surface area contributed by atoms with E-state index in [4.69, 9.17) is 11.6 Å². The van der Waals surface area contributed by atoms with Crippen LogP contribution in [0.3, 0.4) is 0 Å². The number of hydrogen-bond donors (Lipinski definition) is 1. The molecule has 19 heavy (non-hydrogen) atoms. The zero-order chi connectivity index (χ0) is 13.2. The third-order valence-electron chi connectivity index (χ3n) is 3.72. The lowest BCUT2D eigenvalue weighted by atomic mass is 9.97. The summed E-state index contributed by atoms with van der Waals surface area (Å²) >= 11 is 6.25. The Morgan fingerprint density at radius 1 is 1.42 bits per heavy atom. The smallest absolute Gasteiger partial charge is 0.0821 e. The summed E-state index contributed by atoms with van der Waals surface area (Å²) in [5, 5.41) is 8.59. The van der Waals surface area contributed by atoms with E-state index in [1.165, 1.54) is 23.2 Å². The van der Waals surface area contributed by atoms with Crippen LogP contribution in [-0.4, -0.2) is 16.3 Å². The molecule has 0 aliphatic carbocycles. The quantitative estimate of drug-likeness (QED) is 0.929. The zero-order valence-corrected chi connectivity index (χ0v) is 11.9. The third-order valence-corrected chi connectivity index (χ3v) is 4.03. The molecule has 1 aliphatic rings. The van der Waals surface area contributed by atoms with Gasteiger partial charge in [-0.1, -0.05) is 29.8 Å². The van der Waals surface area contributed by atoms with Crippen LogP contribution in [0.25, 0.3) is 0 Å². The molecule has 1 N–H and O–H groups in total. The number of hydrogen-bond acceptors (Lipinski definition) is 2. The molecule has 0 amide bonds. The number of benzene rings is 1. The molecule has 0 radical (unpaired) electrons. The van der Waals surface area contributed by atoms with Gasteiger partial charge in [-0.25, -0.2) is 0 Å². The molecule has 0 unspecified atom stereocenters. The average molecular weight is 276 g/mol. The number of aromatic nitrogens is 2. The second-order valence-electron chi connectivity index (χ2n) is 4.91. The molecule has 1 aliphatic heterocycles. The van der Waals surface area contributed by atoms with Crippen molar-refractivity contribution in [1.29, 1.82) is 0 Å². The first kappa shape index (κ1) is 12.5. The highest BCUT2D eigenvalue weighted by Crippen LogP contribution is 2.29. The number of rotatable bonds is 3. The Hall–Kier alpha value is -1.48. The summed E-state index contributed by atoms with van der Waals surface area (Å²) in [5.41, 5.74) is 5.13. The molecule has 0 spiro atoms. The molecule has 0 saturated heterocycles. The Morgan fingerprint density at radius 2 is 2.32 bits per heavy atom. The second-order valence-corrected chi connectivity index (χ2v) is 5.32. The van der Waals surface area contributed by atoms with Gasteiger partial charge >= 0.3 is 0 Å². The molecule has 4 heteroatoms. The summed E-state index contributed by atoms with van der Waals surface area (Å²) in [6, 6.07) is 6.53. The van der Waals surface area contributed by atoms with Gasteiger partial charge in [-0.2, -0.15) is 5.10 Å². The van der Waals surface area contributed by atoms with E-state index in [0.29, 0.717) is 0 Å². The highest BCUT2D eigenvalue weighted by Gasteiger charge is 2.15. The van der Waals surface area contributed by atoms with Crippen LogP contribution in [-0.2, 0) is 19.4 Å². The fourth-order valence-electron chi connectivity index (χ4n) is 2.74. The van der Waals surface area contributed by atoms with Crippen molar-refractivity contribution in [1.82, 2.24) is 9.78 Å². The minimum atomic E-state index is 0.760. The maximum absolute atomic E-state index is 6.25. The van der Waals surface area contributed by atoms with Gasteiger partial charge in [0.1, 0.15) is 0 Å². The van der Waals surface area contributed by atoms with Crippen molar-refractivity contribution in [3.8, 4) is 0 Å². The third kappa shape index (κ3) is 2.35. The predicted molar refractivity (Wildman–Crippen MR) is 79.0 cm³/mol. The summed E-state index contributed by atoms with van der Waals surface area (Å²) in [6.07, 6.45) is 4.95. The normalized spacial score (nSPS) is 14.0. The topological polar surface area (TPSA) is 29.9 Å². The average Bonchev–Trinajstić information content (AvgIpc) is 2.80. The summed E-state index contributed by atoms with van der Waals surface area (Å²) in [4.78, 5) is 0. The van der Waals surface area contributed by atoms with Crippen LogP contribution in [0.15, 0.2) is 24.4 Å². The predicted octanol–water partition coefficient (Wildman–Crippen LogP) is 3.51. The molecule has 0 saturated carbocycles. The Labute approximate surface area is 118 Å². The molecular formula is C15H18ClN3. The van der Waals surface area contributed by atoms with Crippen LogP contribution in [0.1, 0.15) is 30.2 Å². The summed E-state index contributed by atoms with van der Waals surface area (Å²) < 4.78 is 1.98. The number of anilines is 1. The fraction of sp³-hybridized carbons (Fsp3) is 0.400. The number of nitrogens with zero attached hydrogens (tertiary/aromatic N) is 2. The van der Waals surface area contributed by atoms with Gasteiger partial charge in [0.05, 0.1) is 16.9 Å². The van der Waals surface area contributed by atoms with Crippen LogP contribution in [0.4, 0.5) is 5.69 Å². The fourth-order valence-corrected chi connectivity index (χ4v) is 2.95. The van der Waals surface area contributed by atoms with E-state index in [2.05, 4.69) is 35.5 Å². The van der Waals surface area contributed by atoms with E-state index in [1.54, 1.807) is 6.20 Å². The van der Waals surface area contributed by atoms with E-state index in [1.807, 2.05) is 4.68 Å². The van der Waals surface area contributed by atoms with E-state index >= 15 is 0 Å². The van der Waals surface area contributed by atoms with E-state index in [-0.39, 0.29) is 0 Å². The van der Waals surface area contributed by atoms with Gasteiger partial charge in [-0.15, -0.1) is 0 Å². The molecule has 0 fully saturated rings. The molecule has 3 nitrogen and oxygen atoms in total. The molecule has 2 aromatic rings. The molecule has 2 heterocycles. The molecule has 100 valence electrons. The van der Waals surface area contributed by atoms with Gasteiger partial charge in [0.15, 0.2) is 0 Å². The molecule has 0 bridgehead atoms. The van der Waals surface area contributed by atoms with Gasteiger partial charge < -0.3 is 5.32 Å². The SMILES string of the molecule is CCn1ncc(Cl)c1Cc1cccc2c1NCCC2. The molecule has 0 atom stereocenters. The largest absolute Gasteiger partial charge is 0.385 e. The number of aryl methyl sites for hydroxylation is 2. The van der Waals surface area contributed by atoms with E-state index in [0.717, 1.165) is 36.6 Å². The second kappa shape index (κ2) is 5.25. The number of fused-ring (bicyclic) bond motifs is 1. The summed E-state index contributed by atoms with van der Waals surface area (Å²) in [6.45, 7) is 4.00. The number of para-hydroxylation sites is 1. The summed E-state index contributed by atoms with van der Waals surface area (Å²) in [7, 11) is 0. The monoisotopic (exact) mass is 275 g/mol. The number of nitrogens with one attached hydrogen (secondary N) is 1. The summed E-state index contributed by atoms with van der Waals surface area (Å²) in [5.74, 6) is 0. The lowest BCUT2D eigenvalue weighted by Gasteiger charge is -2.21. The van der Waals surface area contributed by atoms with Gasteiger partial charge in [0.25, 0.3) is 0 Å². The minimum absolute atomic E-state index is 0.760. The standard InChI is InChI=1S/C15H18ClN3/c1-2-19-14(13(16)10-18-19)9-12-6-3-5-11-7-4-8-17-15(11)12/h3,5-6,10,17H,2,4,7-9H2,1H3. The first-order chi connectivity index (χ1) is 9.29. The van der Waals surface area contributed by atoms with Crippen LogP contribution in [0.2, 0.25) is 5.02 Å². The first-order valence-electron chi connectivity index (χ1n) is 6.84. The van der Waals surface area contributed by atoms with Crippen LogP contribution >= 0.6 is 11.6 Å². The Kier molecular flexibility index (Phi) is 3.47. The van der Waals surface area contributed by atoms with Crippen molar-refractivity contribution in [2.75, 3.05) is 11.9 Å². The Morgan fingerprint density at radius 3 is 3.16 bits per heavy atom. The van der Waals surface area contributed by atoms with Crippen molar-refractivity contribution >= 4 is 17.3 Å². The van der Waals surface area contributed by atoms with Gasteiger partial charge in [-0.05, 0) is 30.9 Å². The van der Waals surface area contributed by atoms with Gasteiger partial charge in [0, 0.05) is 25.2 Å². The molecule has 1 aromatic heterocycles. The van der Waals surface area contributed by atoms with Crippen molar-refractivity contribution in [2.24, 2.45) is 0 Å². The van der Waals surface area contributed by atoms with E-state index < -0.39 is 0 Å². The maximum atomic E-state index is 6.25. The van der Waals surface area contributed by atoms with Crippen LogP contribution in [0.5, 0.6) is 0 Å². The van der Waals surface area contributed by atoms with Crippen molar-refractivity contribution in [3.63, 3.8) is 0 Å². The maximum Gasteiger partial charge on any atom is 0.0821 e. The van der Waals surface area contributed by atoms with Crippen LogP contribution in [0, 0.1) is 0 Å². The number of halogens is 1. The van der Waals surface area contributed by atoms with E-state index in [9.17, 15) is 0 Å².